The third kappa shape index (κ3) is 3.97. The van der Waals surface area contributed by atoms with Gasteiger partial charge in [0.1, 0.15) is 12.1 Å². The number of rotatable bonds is 5. The van der Waals surface area contributed by atoms with E-state index in [2.05, 4.69) is 26.9 Å². The second kappa shape index (κ2) is 7.63. The van der Waals surface area contributed by atoms with Crippen molar-refractivity contribution in [2.24, 2.45) is 0 Å². The highest BCUT2D eigenvalue weighted by Gasteiger charge is 2.22. The molecule has 3 rings (SSSR count). The summed E-state index contributed by atoms with van der Waals surface area (Å²) in [7, 11) is 0. The van der Waals surface area contributed by atoms with Gasteiger partial charge in [-0.15, -0.1) is 0 Å². The van der Waals surface area contributed by atoms with Gasteiger partial charge in [-0.05, 0) is 26.3 Å². The molecule has 3 heterocycles. The molecule has 0 unspecified atom stereocenters. The van der Waals surface area contributed by atoms with Crippen LogP contribution < -0.4 is 4.90 Å². The molecule has 7 nitrogen and oxygen atoms in total. The van der Waals surface area contributed by atoms with E-state index < -0.39 is 0 Å². The van der Waals surface area contributed by atoms with E-state index in [1.807, 2.05) is 35.6 Å². The molecule has 0 saturated carbocycles. The molecule has 0 atom stereocenters. The fraction of sp³-hybridized carbons (Fsp3) is 0.556. The lowest BCUT2D eigenvalue weighted by molar-refractivity contribution is -0.131. The fourth-order valence-electron chi connectivity index (χ4n) is 3.16. The van der Waals surface area contributed by atoms with Crippen LogP contribution in [0.15, 0.2) is 18.5 Å². The number of nitrogens with zero attached hydrogens (tertiary/aromatic N) is 6. The summed E-state index contributed by atoms with van der Waals surface area (Å²) in [5, 5.41) is 4.49. The van der Waals surface area contributed by atoms with Crippen LogP contribution in [-0.2, 0) is 4.79 Å². The largest absolute Gasteiger partial charge is 0.353 e. The van der Waals surface area contributed by atoms with E-state index in [1.54, 1.807) is 6.33 Å². The molecule has 1 aliphatic rings. The molecule has 0 bridgehead atoms. The summed E-state index contributed by atoms with van der Waals surface area (Å²) in [4.78, 5) is 25.1. The Balaban J connectivity index is 1.67. The number of aryl methyl sites for hydroxylation is 2. The average molecular weight is 342 g/mol. The molecule has 0 radical (unpaired) electrons. The summed E-state index contributed by atoms with van der Waals surface area (Å²) < 4.78 is 1.84. The van der Waals surface area contributed by atoms with Gasteiger partial charge in [-0.25, -0.2) is 14.6 Å². The number of amides is 1. The Hall–Kier alpha value is -2.44. The molecule has 0 aromatic carbocycles. The molecular weight excluding hydrogens is 316 g/mol. The third-order valence-corrected chi connectivity index (χ3v) is 4.57. The predicted octanol–water partition coefficient (Wildman–Crippen LogP) is 2.12. The highest BCUT2D eigenvalue weighted by Crippen LogP contribution is 2.17. The van der Waals surface area contributed by atoms with Crippen molar-refractivity contribution in [3.8, 4) is 5.82 Å². The summed E-state index contributed by atoms with van der Waals surface area (Å²) in [5.41, 5.74) is 2.02. The van der Waals surface area contributed by atoms with E-state index in [1.165, 1.54) is 0 Å². The molecule has 7 heteroatoms. The second-order valence-corrected chi connectivity index (χ2v) is 6.54. The van der Waals surface area contributed by atoms with E-state index in [4.69, 9.17) is 0 Å². The standard InChI is InChI=1S/C18H26N6O/c1-4-5-6-18(25)23-9-7-22(8-10-23)16-12-17(20-13-19-16)24-15(3)11-14(2)21-24/h11-13H,4-10H2,1-3H3. The normalized spacial score (nSPS) is 14.8. The van der Waals surface area contributed by atoms with Gasteiger partial charge in [-0.3, -0.25) is 4.79 Å². The molecule has 25 heavy (non-hydrogen) atoms. The van der Waals surface area contributed by atoms with Crippen LogP contribution in [0.3, 0.4) is 0 Å². The monoisotopic (exact) mass is 342 g/mol. The van der Waals surface area contributed by atoms with Crippen LogP contribution in [0.5, 0.6) is 0 Å². The van der Waals surface area contributed by atoms with Crippen LogP contribution in [0.4, 0.5) is 5.82 Å². The lowest BCUT2D eigenvalue weighted by Crippen LogP contribution is -2.49. The summed E-state index contributed by atoms with van der Waals surface area (Å²) in [6.07, 6.45) is 4.27. The number of anilines is 1. The molecule has 0 aliphatic carbocycles. The van der Waals surface area contributed by atoms with E-state index in [0.717, 1.165) is 62.0 Å². The lowest BCUT2D eigenvalue weighted by Gasteiger charge is -2.35. The maximum Gasteiger partial charge on any atom is 0.222 e. The Labute approximate surface area is 148 Å². The molecule has 134 valence electrons. The molecular formula is C18H26N6O. The highest BCUT2D eigenvalue weighted by atomic mass is 16.2. The summed E-state index contributed by atoms with van der Waals surface area (Å²) in [6.45, 7) is 9.20. The lowest BCUT2D eigenvalue weighted by atomic mass is 10.2. The Morgan fingerprint density at radius 2 is 1.80 bits per heavy atom. The SMILES string of the molecule is CCCCC(=O)N1CCN(c2cc(-n3nc(C)cc3C)ncn2)CC1. The second-order valence-electron chi connectivity index (χ2n) is 6.54. The zero-order chi connectivity index (χ0) is 17.8. The number of piperazine rings is 1. The van der Waals surface area contributed by atoms with Gasteiger partial charge in [0.2, 0.25) is 5.91 Å². The van der Waals surface area contributed by atoms with Crippen LogP contribution in [-0.4, -0.2) is 56.7 Å². The average Bonchev–Trinajstić information content (AvgIpc) is 2.98. The number of carbonyl (C=O) groups excluding carboxylic acids is 1. The van der Waals surface area contributed by atoms with Gasteiger partial charge in [-0.1, -0.05) is 13.3 Å². The number of carbonyl (C=O) groups is 1. The summed E-state index contributed by atoms with van der Waals surface area (Å²) in [6, 6.07) is 4.00. The molecule has 2 aromatic heterocycles. The minimum absolute atomic E-state index is 0.271. The predicted molar refractivity (Wildman–Crippen MR) is 96.9 cm³/mol. The number of aromatic nitrogens is 4. The molecule has 2 aromatic rings. The summed E-state index contributed by atoms with van der Waals surface area (Å²) in [5.74, 6) is 1.93. The molecule has 1 saturated heterocycles. The number of hydrogen-bond donors (Lipinski definition) is 0. The van der Waals surface area contributed by atoms with Crippen molar-refractivity contribution in [3.63, 3.8) is 0 Å². The first-order chi connectivity index (χ1) is 12.1. The van der Waals surface area contributed by atoms with Crippen molar-refractivity contribution in [3.05, 3.63) is 29.8 Å². The topological polar surface area (TPSA) is 67.2 Å². The van der Waals surface area contributed by atoms with E-state index in [9.17, 15) is 4.79 Å². The smallest absolute Gasteiger partial charge is 0.222 e. The van der Waals surface area contributed by atoms with Gasteiger partial charge in [-0.2, -0.15) is 5.10 Å². The maximum atomic E-state index is 12.1. The van der Waals surface area contributed by atoms with E-state index in [0.29, 0.717) is 6.42 Å². The number of hydrogen-bond acceptors (Lipinski definition) is 5. The van der Waals surface area contributed by atoms with E-state index in [-0.39, 0.29) is 5.91 Å². The Bertz CT molecular complexity index is 733. The Morgan fingerprint density at radius 1 is 1.08 bits per heavy atom. The number of unbranched alkanes of at least 4 members (excludes halogenated alkanes) is 1. The highest BCUT2D eigenvalue weighted by molar-refractivity contribution is 5.76. The van der Waals surface area contributed by atoms with Gasteiger partial charge in [0.05, 0.1) is 5.69 Å². The van der Waals surface area contributed by atoms with Crippen molar-refractivity contribution in [2.75, 3.05) is 31.1 Å². The molecule has 0 spiro atoms. The fourth-order valence-corrected chi connectivity index (χ4v) is 3.16. The first kappa shape index (κ1) is 17.4. The van der Waals surface area contributed by atoms with Crippen molar-refractivity contribution < 1.29 is 4.79 Å². The zero-order valence-electron chi connectivity index (χ0n) is 15.3. The van der Waals surface area contributed by atoms with Gasteiger partial charge >= 0.3 is 0 Å². The summed E-state index contributed by atoms with van der Waals surface area (Å²) >= 11 is 0. The van der Waals surface area contributed by atoms with Crippen LogP contribution in [0.25, 0.3) is 5.82 Å². The van der Waals surface area contributed by atoms with Crippen molar-refractivity contribution in [1.82, 2.24) is 24.6 Å². The van der Waals surface area contributed by atoms with Crippen LogP contribution in [0.2, 0.25) is 0 Å². The Kier molecular flexibility index (Phi) is 5.31. The van der Waals surface area contributed by atoms with Crippen LogP contribution >= 0.6 is 0 Å². The van der Waals surface area contributed by atoms with Crippen molar-refractivity contribution in [2.45, 2.75) is 40.0 Å². The van der Waals surface area contributed by atoms with Crippen LogP contribution in [0, 0.1) is 13.8 Å². The van der Waals surface area contributed by atoms with Crippen molar-refractivity contribution >= 4 is 11.7 Å². The minimum Gasteiger partial charge on any atom is -0.353 e. The third-order valence-electron chi connectivity index (χ3n) is 4.57. The maximum absolute atomic E-state index is 12.1. The van der Waals surface area contributed by atoms with E-state index >= 15 is 0 Å². The first-order valence-corrected chi connectivity index (χ1v) is 8.97. The van der Waals surface area contributed by atoms with Gasteiger partial charge < -0.3 is 9.80 Å². The molecule has 0 N–H and O–H groups in total. The first-order valence-electron chi connectivity index (χ1n) is 8.97. The Morgan fingerprint density at radius 3 is 2.44 bits per heavy atom. The van der Waals surface area contributed by atoms with Crippen LogP contribution in [0.1, 0.15) is 37.6 Å². The van der Waals surface area contributed by atoms with Gasteiger partial charge in [0.25, 0.3) is 0 Å². The molecule has 1 fully saturated rings. The molecule has 1 aliphatic heterocycles. The molecule has 1 amide bonds. The zero-order valence-corrected chi connectivity index (χ0v) is 15.3. The minimum atomic E-state index is 0.271. The van der Waals surface area contributed by atoms with Crippen molar-refractivity contribution in [1.29, 1.82) is 0 Å². The quantitative estimate of drug-likeness (QED) is 0.832. The van der Waals surface area contributed by atoms with Gasteiger partial charge in [0.15, 0.2) is 5.82 Å². The van der Waals surface area contributed by atoms with Gasteiger partial charge in [0, 0.05) is 44.4 Å².